The number of hydrogen-bond acceptors (Lipinski definition) is 5. The monoisotopic (exact) mass is 665 g/mol. The van der Waals surface area contributed by atoms with E-state index < -0.39 is 0 Å². The van der Waals surface area contributed by atoms with Crippen molar-refractivity contribution >= 4 is 65.4 Å². The molecule has 242 valence electrons. The van der Waals surface area contributed by atoms with Gasteiger partial charge < -0.3 is 8.83 Å². The summed E-state index contributed by atoms with van der Waals surface area (Å²) in [4.78, 5) is 15.5. The molecule has 0 saturated carbocycles. The van der Waals surface area contributed by atoms with Gasteiger partial charge in [-0.3, -0.25) is 0 Å². The number of rotatable bonds is 4. The van der Waals surface area contributed by atoms with E-state index in [2.05, 4.69) is 91.0 Å². The molecule has 0 aliphatic carbocycles. The SMILES string of the molecule is c1ccc(-c2nc(-c3cccc4c(-c5cc6ccccc6c6c5oc5ccccc56)cccc34)nc(-c3cccc4oc5ccccc5c34)n2)cc1. The minimum absolute atomic E-state index is 0.590. The van der Waals surface area contributed by atoms with Crippen LogP contribution in [0.15, 0.2) is 173 Å². The van der Waals surface area contributed by atoms with Gasteiger partial charge in [-0.25, -0.2) is 15.0 Å². The Morgan fingerprint density at radius 2 is 0.865 bits per heavy atom. The van der Waals surface area contributed by atoms with Gasteiger partial charge in [0.15, 0.2) is 17.5 Å². The van der Waals surface area contributed by atoms with Gasteiger partial charge >= 0.3 is 0 Å². The predicted molar refractivity (Wildman–Crippen MR) is 211 cm³/mol. The zero-order valence-corrected chi connectivity index (χ0v) is 27.7. The van der Waals surface area contributed by atoms with Crippen molar-refractivity contribution in [2.75, 3.05) is 0 Å². The van der Waals surface area contributed by atoms with Crippen LogP contribution in [0.3, 0.4) is 0 Å². The maximum Gasteiger partial charge on any atom is 0.164 e. The fraction of sp³-hybridized carbons (Fsp3) is 0. The summed E-state index contributed by atoms with van der Waals surface area (Å²) in [7, 11) is 0. The van der Waals surface area contributed by atoms with Crippen molar-refractivity contribution < 1.29 is 8.83 Å². The Morgan fingerprint density at radius 3 is 1.67 bits per heavy atom. The number of para-hydroxylation sites is 2. The molecule has 0 aliphatic heterocycles. The molecule has 0 spiro atoms. The van der Waals surface area contributed by atoms with E-state index >= 15 is 0 Å². The largest absolute Gasteiger partial charge is 0.456 e. The summed E-state index contributed by atoms with van der Waals surface area (Å²) in [5.41, 5.74) is 8.25. The zero-order chi connectivity index (χ0) is 34.2. The molecule has 0 aliphatic rings. The summed E-state index contributed by atoms with van der Waals surface area (Å²) in [6.07, 6.45) is 0. The average molecular weight is 666 g/mol. The molecule has 0 amide bonds. The molecule has 0 saturated heterocycles. The first-order valence-corrected chi connectivity index (χ1v) is 17.4. The van der Waals surface area contributed by atoms with Gasteiger partial charge in [-0.2, -0.15) is 0 Å². The third-order valence-electron chi connectivity index (χ3n) is 10.1. The van der Waals surface area contributed by atoms with Crippen LogP contribution < -0.4 is 0 Å². The molecule has 0 radical (unpaired) electrons. The molecular weight excluding hydrogens is 639 g/mol. The van der Waals surface area contributed by atoms with E-state index in [1.165, 1.54) is 10.8 Å². The standard InChI is InChI=1S/C47H27N3O2/c1-2-13-28(14-3-1)45-48-46(50-47(49-45)37-23-12-26-41-42(37)35-17-6-8-24-39(35)51-41)34-22-11-19-31-32(34)20-10-21-33(31)38-27-29-15-4-5-16-30(29)43-36-18-7-9-25-40(36)52-44(38)43/h1-27H. The van der Waals surface area contributed by atoms with Crippen molar-refractivity contribution in [2.45, 2.75) is 0 Å². The third-order valence-corrected chi connectivity index (χ3v) is 10.1. The summed E-state index contributed by atoms with van der Waals surface area (Å²) in [5.74, 6) is 1.80. The fourth-order valence-corrected chi connectivity index (χ4v) is 7.81. The van der Waals surface area contributed by atoms with Gasteiger partial charge in [0, 0.05) is 43.8 Å². The van der Waals surface area contributed by atoms with Crippen LogP contribution in [0.2, 0.25) is 0 Å². The molecule has 3 heterocycles. The average Bonchev–Trinajstić information content (AvgIpc) is 3.80. The Kier molecular flexibility index (Phi) is 6.18. The molecule has 5 heteroatoms. The van der Waals surface area contributed by atoms with Crippen LogP contribution in [0.1, 0.15) is 0 Å². The normalized spacial score (nSPS) is 11.8. The molecule has 11 aromatic rings. The number of fused-ring (bicyclic) bond motifs is 9. The van der Waals surface area contributed by atoms with Crippen molar-refractivity contribution in [1.82, 2.24) is 15.0 Å². The predicted octanol–water partition coefficient (Wildman–Crippen LogP) is 12.6. The van der Waals surface area contributed by atoms with E-state index in [4.69, 9.17) is 23.8 Å². The van der Waals surface area contributed by atoms with Crippen LogP contribution in [-0.2, 0) is 0 Å². The van der Waals surface area contributed by atoms with E-state index in [9.17, 15) is 0 Å². The van der Waals surface area contributed by atoms with Gasteiger partial charge in [-0.15, -0.1) is 0 Å². The fourth-order valence-electron chi connectivity index (χ4n) is 7.81. The van der Waals surface area contributed by atoms with Crippen LogP contribution in [-0.4, -0.2) is 15.0 Å². The second-order valence-corrected chi connectivity index (χ2v) is 13.1. The van der Waals surface area contributed by atoms with Crippen molar-refractivity contribution in [3.8, 4) is 45.3 Å². The molecule has 0 atom stereocenters. The lowest BCUT2D eigenvalue weighted by Crippen LogP contribution is -2.01. The van der Waals surface area contributed by atoms with E-state index in [0.717, 1.165) is 82.5 Å². The van der Waals surface area contributed by atoms with Crippen LogP contribution >= 0.6 is 0 Å². The van der Waals surface area contributed by atoms with Gasteiger partial charge in [0.1, 0.15) is 22.3 Å². The Morgan fingerprint density at radius 1 is 0.327 bits per heavy atom. The topological polar surface area (TPSA) is 65.0 Å². The Balaban J connectivity index is 1.17. The smallest absolute Gasteiger partial charge is 0.164 e. The zero-order valence-electron chi connectivity index (χ0n) is 27.7. The maximum absolute atomic E-state index is 6.66. The first-order chi connectivity index (χ1) is 25.8. The first kappa shape index (κ1) is 28.7. The Bertz CT molecular complexity index is 3190. The summed E-state index contributed by atoms with van der Waals surface area (Å²) in [6.45, 7) is 0. The van der Waals surface area contributed by atoms with Crippen molar-refractivity contribution in [1.29, 1.82) is 0 Å². The van der Waals surface area contributed by atoms with Crippen molar-refractivity contribution in [3.05, 3.63) is 164 Å². The van der Waals surface area contributed by atoms with Gasteiger partial charge in [-0.05, 0) is 51.4 Å². The van der Waals surface area contributed by atoms with Gasteiger partial charge in [-0.1, -0.05) is 140 Å². The highest BCUT2D eigenvalue weighted by Gasteiger charge is 2.21. The van der Waals surface area contributed by atoms with Crippen molar-refractivity contribution in [2.24, 2.45) is 0 Å². The Labute approximate surface area is 297 Å². The molecule has 0 bridgehead atoms. The van der Waals surface area contributed by atoms with E-state index in [1.807, 2.05) is 72.8 Å². The second kappa shape index (κ2) is 11.2. The van der Waals surface area contributed by atoms with Gasteiger partial charge in [0.2, 0.25) is 0 Å². The molecule has 0 fully saturated rings. The van der Waals surface area contributed by atoms with Crippen LogP contribution in [0, 0.1) is 0 Å². The molecule has 0 unspecified atom stereocenters. The second-order valence-electron chi connectivity index (χ2n) is 13.1. The molecule has 0 N–H and O–H groups in total. The summed E-state index contributed by atoms with van der Waals surface area (Å²) < 4.78 is 12.9. The molecule has 52 heavy (non-hydrogen) atoms. The summed E-state index contributed by atoms with van der Waals surface area (Å²) in [6, 6.07) is 56.2. The van der Waals surface area contributed by atoms with Crippen LogP contribution in [0.5, 0.6) is 0 Å². The third kappa shape index (κ3) is 4.33. The highest BCUT2D eigenvalue weighted by molar-refractivity contribution is 6.24. The number of aromatic nitrogens is 3. The lowest BCUT2D eigenvalue weighted by atomic mass is 9.92. The van der Waals surface area contributed by atoms with E-state index in [-0.39, 0.29) is 0 Å². The van der Waals surface area contributed by atoms with Gasteiger partial charge in [0.05, 0.1) is 0 Å². The molecule has 11 rings (SSSR count). The minimum Gasteiger partial charge on any atom is -0.456 e. The van der Waals surface area contributed by atoms with E-state index in [0.29, 0.717) is 17.5 Å². The number of benzene rings is 8. The minimum atomic E-state index is 0.590. The lowest BCUT2D eigenvalue weighted by molar-refractivity contribution is 0.669. The maximum atomic E-state index is 6.66. The van der Waals surface area contributed by atoms with Gasteiger partial charge in [0.25, 0.3) is 0 Å². The number of hydrogen-bond donors (Lipinski definition) is 0. The number of nitrogens with zero attached hydrogens (tertiary/aromatic N) is 3. The summed E-state index contributed by atoms with van der Waals surface area (Å²) >= 11 is 0. The molecule has 8 aromatic carbocycles. The highest BCUT2D eigenvalue weighted by atomic mass is 16.3. The quantitative estimate of drug-likeness (QED) is 0.187. The van der Waals surface area contributed by atoms with Crippen molar-refractivity contribution in [3.63, 3.8) is 0 Å². The highest BCUT2D eigenvalue weighted by Crippen LogP contribution is 2.44. The lowest BCUT2D eigenvalue weighted by Gasteiger charge is -2.13. The van der Waals surface area contributed by atoms with E-state index in [1.54, 1.807) is 0 Å². The molecule has 5 nitrogen and oxygen atoms in total. The molecule has 3 aromatic heterocycles. The first-order valence-electron chi connectivity index (χ1n) is 17.4. The van der Waals surface area contributed by atoms with Crippen LogP contribution in [0.25, 0.3) is 111 Å². The number of furan rings is 2. The summed E-state index contributed by atoms with van der Waals surface area (Å²) in [5, 5.41) is 8.73. The Hall–Kier alpha value is -7.11. The molecular formula is C47H27N3O2. The van der Waals surface area contributed by atoms with Crippen LogP contribution in [0.4, 0.5) is 0 Å².